The zero-order chi connectivity index (χ0) is 25.9. The molecule has 8 nitrogen and oxygen atoms in total. The van der Waals surface area contributed by atoms with Crippen LogP contribution in [0.3, 0.4) is 0 Å². The zero-order valence-corrected chi connectivity index (χ0v) is 22.2. The average molecular weight is 503 g/mol. The summed E-state index contributed by atoms with van der Waals surface area (Å²) in [6.45, 7) is 9.05. The molecule has 3 aliphatic heterocycles. The Morgan fingerprint density at radius 3 is 2.54 bits per heavy atom. The van der Waals surface area contributed by atoms with Crippen molar-refractivity contribution in [2.75, 3.05) is 44.8 Å². The minimum Gasteiger partial charge on any atom is -0.365 e. The first-order valence-electron chi connectivity index (χ1n) is 13.8. The number of primary amides is 1. The Hall–Kier alpha value is -3.13. The smallest absolute Gasteiger partial charge is 0.252 e. The fourth-order valence-electron chi connectivity index (χ4n) is 7.08. The van der Waals surface area contributed by atoms with Crippen molar-refractivity contribution in [2.24, 2.45) is 11.1 Å². The van der Waals surface area contributed by atoms with Gasteiger partial charge in [0, 0.05) is 55.9 Å². The van der Waals surface area contributed by atoms with Crippen LogP contribution in [-0.2, 0) is 4.79 Å². The van der Waals surface area contributed by atoms with Crippen molar-refractivity contribution >= 4 is 33.6 Å². The molecule has 1 spiro atoms. The van der Waals surface area contributed by atoms with Crippen LogP contribution in [0.4, 0.5) is 0 Å². The van der Waals surface area contributed by atoms with Gasteiger partial charge in [0.05, 0.1) is 22.0 Å². The van der Waals surface area contributed by atoms with Gasteiger partial charge in [-0.25, -0.2) is 0 Å². The quantitative estimate of drug-likeness (QED) is 0.590. The summed E-state index contributed by atoms with van der Waals surface area (Å²) < 4.78 is 2.20. The van der Waals surface area contributed by atoms with Gasteiger partial charge in [0.1, 0.15) is 0 Å². The Kier molecular flexibility index (Phi) is 5.90. The Morgan fingerprint density at radius 1 is 1.08 bits per heavy atom. The van der Waals surface area contributed by atoms with Crippen LogP contribution >= 0.6 is 0 Å². The van der Waals surface area contributed by atoms with Crippen LogP contribution < -0.4 is 10.7 Å². The molecule has 0 saturated carbocycles. The topological polar surface area (TPSA) is 87.7 Å². The largest absolute Gasteiger partial charge is 0.365 e. The van der Waals surface area contributed by atoms with Crippen molar-refractivity contribution < 1.29 is 9.59 Å². The Morgan fingerprint density at radius 2 is 1.86 bits per heavy atom. The maximum atomic E-state index is 13.2. The van der Waals surface area contributed by atoms with Gasteiger partial charge in [-0.15, -0.1) is 0 Å². The monoisotopic (exact) mass is 502 g/mol. The first-order chi connectivity index (χ1) is 17.8. The second kappa shape index (κ2) is 9.01. The zero-order valence-electron chi connectivity index (χ0n) is 22.2. The van der Waals surface area contributed by atoms with Crippen LogP contribution in [0.15, 0.2) is 30.6 Å². The first-order valence-corrected chi connectivity index (χ1v) is 13.8. The fraction of sp³-hybridized carbons (Fsp3) is 0.552. The van der Waals surface area contributed by atoms with Crippen LogP contribution in [0.25, 0.3) is 21.8 Å². The van der Waals surface area contributed by atoms with E-state index in [0.29, 0.717) is 24.1 Å². The molecule has 1 aromatic carbocycles. The molecule has 3 aliphatic rings. The summed E-state index contributed by atoms with van der Waals surface area (Å²) >= 11 is 0. The maximum Gasteiger partial charge on any atom is 0.252 e. The van der Waals surface area contributed by atoms with Crippen molar-refractivity contribution in [1.29, 1.82) is 0 Å². The number of nitrogens with two attached hydrogens (primary N) is 1. The summed E-state index contributed by atoms with van der Waals surface area (Å²) in [5.41, 5.74) is 9.15. The van der Waals surface area contributed by atoms with Gasteiger partial charge in [0.2, 0.25) is 5.91 Å². The van der Waals surface area contributed by atoms with Gasteiger partial charge in [-0.3, -0.25) is 19.2 Å². The van der Waals surface area contributed by atoms with E-state index in [1.807, 2.05) is 18.1 Å². The predicted molar refractivity (Wildman–Crippen MR) is 146 cm³/mol. The Bertz CT molecular complexity index is 1370. The highest BCUT2D eigenvalue weighted by Crippen LogP contribution is 2.41. The molecule has 2 aromatic heterocycles. The first kappa shape index (κ1) is 24.2. The number of amides is 2. The van der Waals surface area contributed by atoms with E-state index in [4.69, 9.17) is 5.73 Å². The molecule has 0 radical (unpaired) electrons. The number of pyridine rings is 1. The lowest BCUT2D eigenvalue weighted by molar-refractivity contribution is -0.135. The van der Waals surface area contributed by atoms with Crippen LogP contribution in [0.1, 0.15) is 67.8 Å². The number of likely N-dealkylation sites (tertiary alicyclic amines) is 2. The third kappa shape index (κ3) is 3.88. The van der Waals surface area contributed by atoms with E-state index in [-0.39, 0.29) is 11.3 Å². The minimum atomic E-state index is -0.480. The number of carbonyl (C=O) groups is 2. The van der Waals surface area contributed by atoms with E-state index < -0.39 is 5.91 Å². The van der Waals surface area contributed by atoms with Crippen molar-refractivity contribution in [1.82, 2.24) is 19.5 Å². The van der Waals surface area contributed by atoms with Gasteiger partial charge in [-0.2, -0.15) is 0 Å². The molecule has 3 fully saturated rings. The summed E-state index contributed by atoms with van der Waals surface area (Å²) in [4.78, 5) is 34.6. The molecule has 1 atom stereocenters. The molecular formula is C29H38N6O2. The fourth-order valence-corrected chi connectivity index (χ4v) is 7.08. The van der Waals surface area contributed by atoms with E-state index >= 15 is 0 Å². The summed E-state index contributed by atoms with van der Waals surface area (Å²) in [7, 11) is 1.91. The molecule has 0 bridgehead atoms. The predicted octanol–water partition coefficient (Wildman–Crippen LogP) is 3.46. The Labute approximate surface area is 218 Å². The van der Waals surface area contributed by atoms with Crippen LogP contribution in [0.5, 0.6) is 0 Å². The lowest BCUT2D eigenvalue weighted by Crippen LogP contribution is -2.51. The van der Waals surface area contributed by atoms with Crippen molar-refractivity contribution in [2.45, 2.75) is 57.9 Å². The molecule has 5 heterocycles. The molecular weight excluding hydrogens is 464 g/mol. The summed E-state index contributed by atoms with van der Waals surface area (Å²) in [6.07, 6.45) is 8.43. The van der Waals surface area contributed by atoms with Gasteiger partial charge in [0.15, 0.2) is 0 Å². The molecule has 37 heavy (non-hydrogen) atoms. The second-order valence-electron chi connectivity index (χ2n) is 11.7. The molecule has 196 valence electrons. The van der Waals surface area contributed by atoms with Gasteiger partial charge in [-0.1, -0.05) is 12.1 Å². The highest BCUT2D eigenvalue weighted by molar-refractivity contribution is 6.15. The van der Waals surface area contributed by atoms with E-state index in [9.17, 15) is 9.59 Å². The Balaban J connectivity index is 1.48. The van der Waals surface area contributed by atoms with E-state index in [2.05, 4.69) is 51.6 Å². The van der Waals surface area contributed by atoms with Crippen molar-refractivity contribution in [3.05, 3.63) is 41.7 Å². The van der Waals surface area contributed by atoms with Crippen LogP contribution in [-0.4, -0.2) is 77.1 Å². The van der Waals surface area contributed by atoms with Crippen LogP contribution in [0, 0.1) is 5.41 Å². The molecule has 0 unspecified atom stereocenters. The number of benzene rings is 1. The van der Waals surface area contributed by atoms with Crippen molar-refractivity contribution in [3.63, 3.8) is 0 Å². The third-order valence-electron chi connectivity index (χ3n) is 9.23. The van der Waals surface area contributed by atoms with Gasteiger partial charge in [-0.05, 0) is 76.6 Å². The summed E-state index contributed by atoms with van der Waals surface area (Å²) in [6, 6.07) is 7.35. The lowest BCUT2D eigenvalue weighted by Gasteiger charge is -2.41. The maximum absolute atomic E-state index is 13.2. The van der Waals surface area contributed by atoms with Crippen molar-refractivity contribution in [3.8, 4) is 0 Å². The third-order valence-corrected chi connectivity index (χ3v) is 9.23. The molecule has 6 rings (SSSR count). The van der Waals surface area contributed by atoms with Gasteiger partial charge >= 0.3 is 0 Å². The average Bonchev–Trinajstić information content (AvgIpc) is 3.38. The molecule has 2 N–H and O–H groups in total. The molecule has 3 saturated heterocycles. The standard InChI is InChI=1S/C29H38N6O2/c1-19(2)33-12-7-20(8-13-33)21-5-6-22-23-16-31-17-24(27(30)36)26(23)35(25(22)15-21)34-11-4-9-29(18-34)10-14-32(3)28(29)37/h5-6,15-17,19-20H,4,7-14,18H2,1-3H3,(H2,30,36)/t29-/m1/s1. The van der Waals surface area contributed by atoms with Crippen LogP contribution in [0.2, 0.25) is 0 Å². The van der Waals surface area contributed by atoms with E-state index in [0.717, 1.165) is 80.1 Å². The highest BCUT2D eigenvalue weighted by atomic mass is 16.2. The number of carbonyl (C=O) groups excluding carboxylic acids is 2. The van der Waals surface area contributed by atoms with E-state index in [1.165, 1.54) is 5.56 Å². The molecule has 8 heteroatoms. The number of rotatable bonds is 4. The summed E-state index contributed by atoms with van der Waals surface area (Å²) in [5, 5.41) is 4.30. The normalized spacial score (nSPS) is 23.8. The number of nitrogens with zero attached hydrogens (tertiary/aromatic N) is 5. The minimum absolute atomic E-state index is 0.243. The number of aromatic nitrogens is 2. The number of piperidine rings is 2. The number of hydrogen-bond acceptors (Lipinski definition) is 5. The van der Waals surface area contributed by atoms with Gasteiger partial charge in [0.25, 0.3) is 5.91 Å². The second-order valence-corrected chi connectivity index (χ2v) is 11.7. The molecule has 0 aliphatic carbocycles. The SMILES string of the molecule is CC(C)N1CCC(c2ccc3c4cncc(C(N)=O)c4n(N4CCC[C@@]5(CCN(C)C5=O)C4)c3c2)CC1. The highest BCUT2D eigenvalue weighted by Gasteiger charge is 2.48. The lowest BCUT2D eigenvalue weighted by atomic mass is 9.79. The van der Waals surface area contributed by atoms with E-state index in [1.54, 1.807) is 6.20 Å². The number of hydrogen-bond donors (Lipinski definition) is 1. The van der Waals surface area contributed by atoms with Gasteiger partial charge < -0.3 is 20.5 Å². The molecule has 2 amide bonds. The number of fused-ring (bicyclic) bond motifs is 3. The summed E-state index contributed by atoms with van der Waals surface area (Å²) in [5.74, 6) is 0.275. The molecule has 3 aromatic rings.